The number of ether oxygens (including phenoxy) is 1. The van der Waals surface area contributed by atoms with E-state index in [1.807, 2.05) is 18.2 Å². The Kier molecular flexibility index (Phi) is 4.15. The zero-order valence-electron chi connectivity index (χ0n) is 11.1. The Morgan fingerprint density at radius 3 is 2.58 bits per heavy atom. The van der Waals surface area contributed by atoms with E-state index in [1.165, 1.54) is 5.56 Å². The predicted octanol–water partition coefficient (Wildman–Crippen LogP) is 4.26. The molecule has 0 spiro atoms. The summed E-state index contributed by atoms with van der Waals surface area (Å²) in [6.07, 6.45) is 1.12. The molecule has 3 heteroatoms. The Balaban J connectivity index is 2.13. The standard InChI is InChI=1S/C16H16N2O/c1-3-12(2)13-7-9-15(10-8-13)19-16-6-4-5-14(11-17)18-16/h4-10,12H,3H2,1-2H3. The molecule has 1 unspecified atom stereocenters. The first kappa shape index (κ1) is 13.1. The molecular weight excluding hydrogens is 236 g/mol. The van der Waals surface area contributed by atoms with E-state index in [9.17, 15) is 0 Å². The van der Waals surface area contributed by atoms with Crippen LogP contribution in [0.3, 0.4) is 0 Å². The van der Waals surface area contributed by atoms with Crippen LogP contribution in [0.5, 0.6) is 11.6 Å². The number of hydrogen-bond donors (Lipinski definition) is 0. The van der Waals surface area contributed by atoms with Gasteiger partial charge in [-0.15, -0.1) is 0 Å². The maximum atomic E-state index is 8.78. The van der Waals surface area contributed by atoms with Crippen molar-refractivity contribution in [3.63, 3.8) is 0 Å². The van der Waals surface area contributed by atoms with Gasteiger partial charge in [0.15, 0.2) is 0 Å². The van der Waals surface area contributed by atoms with Crippen molar-refractivity contribution in [1.29, 1.82) is 5.26 Å². The van der Waals surface area contributed by atoms with Gasteiger partial charge in [-0.3, -0.25) is 0 Å². The van der Waals surface area contributed by atoms with E-state index in [4.69, 9.17) is 10.00 Å². The van der Waals surface area contributed by atoms with Crippen LogP contribution in [0, 0.1) is 11.3 Å². The number of hydrogen-bond acceptors (Lipinski definition) is 3. The van der Waals surface area contributed by atoms with Crippen molar-refractivity contribution in [2.45, 2.75) is 26.2 Å². The summed E-state index contributed by atoms with van der Waals surface area (Å²) < 4.78 is 5.63. The van der Waals surface area contributed by atoms with E-state index >= 15 is 0 Å². The van der Waals surface area contributed by atoms with Gasteiger partial charge in [0.1, 0.15) is 17.5 Å². The van der Waals surface area contributed by atoms with E-state index in [0.29, 0.717) is 17.5 Å². The van der Waals surface area contributed by atoms with Gasteiger partial charge in [-0.2, -0.15) is 5.26 Å². The molecule has 0 aliphatic rings. The zero-order chi connectivity index (χ0) is 13.7. The highest BCUT2D eigenvalue weighted by Crippen LogP contribution is 2.24. The van der Waals surface area contributed by atoms with Gasteiger partial charge in [-0.25, -0.2) is 4.98 Å². The fourth-order valence-electron chi connectivity index (χ4n) is 1.75. The molecule has 2 aromatic rings. The van der Waals surface area contributed by atoms with E-state index < -0.39 is 0 Å². The number of pyridine rings is 1. The molecule has 0 amide bonds. The highest BCUT2D eigenvalue weighted by molar-refractivity contribution is 5.33. The molecule has 0 aliphatic heterocycles. The van der Waals surface area contributed by atoms with Crippen LogP contribution >= 0.6 is 0 Å². The fourth-order valence-corrected chi connectivity index (χ4v) is 1.75. The second-order valence-corrected chi connectivity index (χ2v) is 4.45. The SMILES string of the molecule is CCC(C)c1ccc(Oc2cccc(C#N)n2)cc1. The van der Waals surface area contributed by atoms with Gasteiger partial charge in [0.25, 0.3) is 0 Å². The summed E-state index contributed by atoms with van der Waals surface area (Å²) in [5, 5.41) is 8.78. The first-order valence-corrected chi connectivity index (χ1v) is 6.38. The Morgan fingerprint density at radius 1 is 1.21 bits per heavy atom. The van der Waals surface area contributed by atoms with E-state index in [1.54, 1.807) is 18.2 Å². The molecule has 0 N–H and O–H groups in total. The molecule has 0 aliphatic carbocycles. The summed E-state index contributed by atoms with van der Waals surface area (Å²) in [5.74, 6) is 1.72. The highest BCUT2D eigenvalue weighted by Gasteiger charge is 2.04. The summed E-state index contributed by atoms with van der Waals surface area (Å²) in [6.45, 7) is 4.38. The number of nitrogens with zero attached hydrogens (tertiary/aromatic N) is 2. The third-order valence-electron chi connectivity index (χ3n) is 3.12. The maximum absolute atomic E-state index is 8.78. The third kappa shape index (κ3) is 3.32. The number of rotatable bonds is 4. The molecule has 1 aromatic carbocycles. The van der Waals surface area contributed by atoms with Crippen LogP contribution in [-0.2, 0) is 0 Å². The predicted molar refractivity (Wildman–Crippen MR) is 74.2 cm³/mol. The molecule has 19 heavy (non-hydrogen) atoms. The molecule has 1 aromatic heterocycles. The molecule has 0 bridgehead atoms. The molecule has 3 nitrogen and oxygen atoms in total. The first-order chi connectivity index (χ1) is 9.22. The molecule has 0 fully saturated rings. The van der Waals surface area contributed by atoms with E-state index in [0.717, 1.165) is 12.2 Å². The Bertz CT molecular complexity index is 584. The molecule has 1 atom stereocenters. The fraction of sp³-hybridized carbons (Fsp3) is 0.250. The molecule has 96 valence electrons. The number of nitriles is 1. The zero-order valence-corrected chi connectivity index (χ0v) is 11.1. The normalized spacial score (nSPS) is 11.6. The molecule has 0 radical (unpaired) electrons. The van der Waals surface area contributed by atoms with Crippen LogP contribution in [0.15, 0.2) is 42.5 Å². The smallest absolute Gasteiger partial charge is 0.220 e. The maximum Gasteiger partial charge on any atom is 0.220 e. The Labute approximate surface area is 113 Å². The van der Waals surface area contributed by atoms with Crippen molar-refractivity contribution in [2.75, 3.05) is 0 Å². The summed E-state index contributed by atoms with van der Waals surface area (Å²) in [6, 6.07) is 15.1. The van der Waals surface area contributed by atoms with Gasteiger partial charge < -0.3 is 4.74 Å². The average Bonchev–Trinajstić information content (AvgIpc) is 2.47. The minimum atomic E-state index is 0.355. The minimum absolute atomic E-state index is 0.355. The highest BCUT2D eigenvalue weighted by atomic mass is 16.5. The van der Waals surface area contributed by atoms with Gasteiger partial charge in [0, 0.05) is 6.07 Å². The molecule has 0 saturated carbocycles. The lowest BCUT2D eigenvalue weighted by atomic mass is 9.99. The quantitative estimate of drug-likeness (QED) is 0.816. The van der Waals surface area contributed by atoms with Gasteiger partial charge in [0.05, 0.1) is 0 Å². The second-order valence-electron chi connectivity index (χ2n) is 4.45. The molecule has 2 rings (SSSR count). The molecular formula is C16H16N2O. The van der Waals surface area contributed by atoms with Crippen LogP contribution in [0.25, 0.3) is 0 Å². The summed E-state index contributed by atoms with van der Waals surface area (Å²) in [5.41, 5.74) is 1.65. The van der Waals surface area contributed by atoms with Crippen LogP contribution in [-0.4, -0.2) is 4.98 Å². The molecule has 0 saturated heterocycles. The van der Waals surface area contributed by atoms with Gasteiger partial charge >= 0.3 is 0 Å². The van der Waals surface area contributed by atoms with Crippen molar-refractivity contribution in [2.24, 2.45) is 0 Å². The number of benzene rings is 1. The van der Waals surface area contributed by atoms with Crippen LogP contribution in [0.2, 0.25) is 0 Å². The van der Waals surface area contributed by atoms with Crippen molar-refractivity contribution in [3.05, 3.63) is 53.7 Å². The summed E-state index contributed by atoms with van der Waals surface area (Å²) >= 11 is 0. The van der Waals surface area contributed by atoms with E-state index in [2.05, 4.69) is 31.0 Å². The summed E-state index contributed by atoms with van der Waals surface area (Å²) in [7, 11) is 0. The van der Waals surface area contributed by atoms with Crippen LogP contribution in [0.4, 0.5) is 0 Å². The van der Waals surface area contributed by atoms with Crippen molar-refractivity contribution >= 4 is 0 Å². The Morgan fingerprint density at radius 2 is 1.95 bits per heavy atom. The average molecular weight is 252 g/mol. The monoisotopic (exact) mass is 252 g/mol. The lowest BCUT2D eigenvalue weighted by Gasteiger charge is -2.10. The van der Waals surface area contributed by atoms with Gasteiger partial charge in [-0.05, 0) is 36.1 Å². The molecule has 1 heterocycles. The van der Waals surface area contributed by atoms with Crippen LogP contribution < -0.4 is 4.74 Å². The van der Waals surface area contributed by atoms with Gasteiger partial charge in [-0.1, -0.05) is 32.0 Å². The number of aromatic nitrogens is 1. The minimum Gasteiger partial charge on any atom is -0.439 e. The lowest BCUT2D eigenvalue weighted by Crippen LogP contribution is -1.92. The van der Waals surface area contributed by atoms with Crippen molar-refractivity contribution in [1.82, 2.24) is 4.98 Å². The largest absolute Gasteiger partial charge is 0.439 e. The van der Waals surface area contributed by atoms with E-state index in [-0.39, 0.29) is 0 Å². The summed E-state index contributed by atoms with van der Waals surface area (Å²) in [4.78, 5) is 4.08. The topological polar surface area (TPSA) is 45.9 Å². The van der Waals surface area contributed by atoms with Crippen LogP contribution in [0.1, 0.15) is 37.4 Å². The second kappa shape index (κ2) is 6.01. The van der Waals surface area contributed by atoms with Crippen molar-refractivity contribution in [3.8, 4) is 17.7 Å². The first-order valence-electron chi connectivity index (χ1n) is 6.38. The van der Waals surface area contributed by atoms with Gasteiger partial charge in [0.2, 0.25) is 5.88 Å². The lowest BCUT2D eigenvalue weighted by molar-refractivity contribution is 0.462. The Hall–Kier alpha value is -2.34. The third-order valence-corrected chi connectivity index (χ3v) is 3.12. The van der Waals surface area contributed by atoms with Crippen molar-refractivity contribution < 1.29 is 4.74 Å².